The number of carbonyl (C=O) groups is 1. The summed E-state index contributed by atoms with van der Waals surface area (Å²) >= 11 is 0. The first-order valence-corrected chi connectivity index (χ1v) is 15.8. The third kappa shape index (κ3) is 8.80. The van der Waals surface area contributed by atoms with E-state index in [4.69, 9.17) is 23.4 Å². The summed E-state index contributed by atoms with van der Waals surface area (Å²) in [5.74, 6) is 0.882. The molecule has 42 heavy (non-hydrogen) atoms. The van der Waals surface area contributed by atoms with Crippen molar-refractivity contribution in [1.82, 2.24) is 5.32 Å². The van der Waals surface area contributed by atoms with Crippen LogP contribution >= 0.6 is 0 Å². The fourth-order valence-electron chi connectivity index (χ4n) is 5.09. The Morgan fingerprint density at radius 3 is 2.07 bits per heavy atom. The lowest BCUT2D eigenvalue weighted by Crippen LogP contribution is -2.61. The average molecular weight is 587 g/mol. The number of hydrogen-bond donors (Lipinski definition) is 1. The molecule has 1 fully saturated rings. The van der Waals surface area contributed by atoms with Gasteiger partial charge in [-0.2, -0.15) is 0 Å². The fourth-order valence-corrected chi connectivity index (χ4v) is 5.09. The molecular weight excluding hydrogens is 527 g/mol. The molecule has 1 aromatic rings. The zero-order valence-electron chi connectivity index (χ0n) is 29.6. The Hall–Kier alpha value is -1.48. The third-order valence-corrected chi connectivity index (χ3v) is 9.90. The number of carbonyl (C=O) groups excluding carboxylic acids is 1. The van der Waals surface area contributed by atoms with E-state index in [0.717, 1.165) is 5.46 Å². The van der Waals surface area contributed by atoms with E-state index in [0.29, 0.717) is 25.3 Å². The highest BCUT2D eigenvalue weighted by atomic mass is 16.7. The molecule has 0 aromatic heterocycles. The summed E-state index contributed by atoms with van der Waals surface area (Å²) in [5, 5.41) is 2.61. The Labute approximate surface area is 259 Å². The maximum atomic E-state index is 10.5. The van der Waals surface area contributed by atoms with Crippen molar-refractivity contribution in [3.05, 3.63) is 24.3 Å². The molecule has 1 aliphatic heterocycles. The minimum Gasteiger partial charge on any atom is -0.492 e. The Morgan fingerprint density at radius 1 is 0.976 bits per heavy atom. The Balaban J connectivity index is 0.00000431. The van der Waals surface area contributed by atoms with Crippen LogP contribution in [0.3, 0.4) is 0 Å². The summed E-state index contributed by atoms with van der Waals surface area (Å²) in [6.45, 7) is 34.9. The van der Waals surface area contributed by atoms with E-state index < -0.39 is 23.9 Å². The molecule has 0 saturated carbocycles. The largest absolute Gasteiger partial charge is 0.494 e. The second-order valence-electron chi connectivity index (χ2n) is 14.1. The van der Waals surface area contributed by atoms with Gasteiger partial charge in [-0.15, -0.1) is 0 Å². The van der Waals surface area contributed by atoms with E-state index in [1.54, 1.807) is 0 Å². The quantitative estimate of drug-likeness (QED) is 0.156. The Morgan fingerprint density at radius 2 is 1.55 bits per heavy atom. The van der Waals surface area contributed by atoms with Gasteiger partial charge in [0.1, 0.15) is 12.4 Å². The predicted octanol–water partition coefficient (Wildman–Crippen LogP) is 6.35. The summed E-state index contributed by atoms with van der Waals surface area (Å²) in [5.41, 5.74) is -1.21. The Kier molecular flexibility index (Phi) is 13.8. The summed E-state index contributed by atoms with van der Waals surface area (Å²) in [6, 6.07) is 7.75. The van der Waals surface area contributed by atoms with Gasteiger partial charge in [0.15, 0.2) is 0 Å². The molecule has 0 bridgehead atoms. The average Bonchev–Trinajstić information content (AvgIpc) is 3.15. The molecule has 10 heteroatoms. The van der Waals surface area contributed by atoms with Gasteiger partial charge in [0, 0.05) is 11.5 Å². The van der Waals surface area contributed by atoms with Gasteiger partial charge in [-0.1, -0.05) is 81.2 Å². The standard InChI is InChI=1S/C30H54B3NO6.C2H6/c1-22(2)29(11,39-32(14)31(13)37-27(7,8)26(4,5)6)23(3)30(12)28(9,10)38-33(40-30)24-16-15-17-25(20-24)36-19-18-34-21-35;1-2/h15-17,20-23H,18-19H2,1-14H3,(H,34,35);1-2H3. The molecule has 0 spiro atoms. The van der Waals surface area contributed by atoms with Crippen LogP contribution in [0.2, 0.25) is 13.6 Å². The smallest absolute Gasteiger partial charge is 0.492 e. The monoisotopic (exact) mass is 587 g/mol. The molecule has 1 saturated heterocycles. The van der Waals surface area contributed by atoms with Crippen LogP contribution in [0.15, 0.2) is 24.3 Å². The molecule has 7 nitrogen and oxygen atoms in total. The van der Waals surface area contributed by atoms with Gasteiger partial charge in [-0.25, -0.2) is 0 Å². The van der Waals surface area contributed by atoms with Gasteiger partial charge >= 0.3 is 7.12 Å². The maximum absolute atomic E-state index is 10.5. The van der Waals surface area contributed by atoms with Crippen LogP contribution in [0.5, 0.6) is 5.75 Å². The van der Waals surface area contributed by atoms with Crippen LogP contribution in [0, 0.1) is 17.3 Å². The maximum Gasteiger partial charge on any atom is 0.494 e. The Bertz CT molecular complexity index is 985. The summed E-state index contributed by atoms with van der Waals surface area (Å²) in [6.07, 6.45) is 0.666. The summed E-state index contributed by atoms with van der Waals surface area (Å²) in [7, 11) is -0.553. The molecule has 0 aliphatic carbocycles. The van der Waals surface area contributed by atoms with Crippen LogP contribution in [0.25, 0.3) is 0 Å². The van der Waals surface area contributed by atoms with Crippen molar-refractivity contribution in [3.63, 3.8) is 0 Å². The molecule has 1 aromatic carbocycles. The highest BCUT2D eigenvalue weighted by Crippen LogP contribution is 2.49. The molecule has 3 atom stereocenters. The SMILES string of the molecule is CB(OC(C)(C(C)C)C(C)C1(C)OB(c2cccc(OCCNC=O)c2)OC1(C)C)B(C)OC(C)(C)C(C)(C)C.CC. The number of benzene rings is 1. The van der Waals surface area contributed by atoms with Gasteiger partial charge in [0.25, 0.3) is 13.6 Å². The molecule has 1 amide bonds. The van der Waals surface area contributed by atoms with Crippen LogP contribution < -0.4 is 15.5 Å². The van der Waals surface area contributed by atoms with Crippen LogP contribution in [0.4, 0.5) is 0 Å². The van der Waals surface area contributed by atoms with Crippen LogP contribution in [0.1, 0.15) is 96.9 Å². The molecule has 1 aliphatic rings. The van der Waals surface area contributed by atoms with E-state index in [-0.39, 0.29) is 36.5 Å². The van der Waals surface area contributed by atoms with Gasteiger partial charge in [0.2, 0.25) is 6.41 Å². The zero-order valence-corrected chi connectivity index (χ0v) is 29.6. The molecule has 0 radical (unpaired) electrons. The van der Waals surface area contributed by atoms with Crippen molar-refractivity contribution >= 4 is 32.6 Å². The topological polar surface area (TPSA) is 75.2 Å². The third-order valence-electron chi connectivity index (χ3n) is 9.90. The van der Waals surface area contributed by atoms with Gasteiger partial charge in [-0.3, -0.25) is 4.79 Å². The first kappa shape index (κ1) is 38.5. The highest BCUT2D eigenvalue weighted by molar-refractivity contribution is 7.15. The van der Waals surface area contributed by atoms with Crippen LogP contribution in [-0.2, 0) is 23.4 Å². The number of amides is 1. The lowest BCUT2D eigenvalue weighted by atomic mass is 9.28. The van der Waals surface area contributed by atoms with Gasteiger partial charge in [0.05, 0.1) is 23.3 Å². The van der Waals surface area contributed by atoms with Crippen LogP contribution in [-0.4, -0.2) is 62.7 Å². The van der Waals surface area contributed by atoms with E-state index >= 15 is 0 Å². The van der Waals surface area contributed by atoms with Gasteiger partial charge in [-0.05, 0) is 70.5 Å². The fraction of sp³-hybridized carbons (Fsp3) is 0.781. The lowest BCUT2D eigenvalue weighted by Gasteiger charge is -2.52. The molecular formula is C32H60B3NO6. The van der Waals surface area contributed by atoms with E-state index in [1.807, 2.05) is 38.1 Å². The van der Waals surface area contributed by atoms with Crippen molar-refractivity contribution in [3.8, 4) is 5.75 Å². The zero-order chi connectivity index (χ0) is 32.7. The van der Waals surface area contributed by atoms with Gasteiger partial charge < -0.3 is 28.7 Å². The molecule has 238 valence electrons. The minimum atomic E-state index is -0.657. The number of hydrogen-bond acceptors (Lipinski definition) is 6. The first-order valence-electron chi connectivity index (χ1n) is 15.8. The second kappa shape index (κ2) is 15.0. The predicted molar refractivity (Wildman–Crippen MR) is 179 cm³/mol. The van der Waals surface area contributed by atoms with Crippen molar-refractivity contribution in [2.45, 2.75) is 133 Å². The number of nitrogens with one attached hydrogen (secondary N) is 1. The van der Waals surface area contributed by atoms with Crippen molar-refractivity contribution < 1.29 is 28.1 Å². The summed E-state index contributed by atoms with van der Waals surface area (Å²) in [4.78, 5) is 10.5. The molecule has 1 heterocycles. The first-order chi connectivity index (χ1) is 19.2. The van der Waals surface area contributed by atoms with Crippen molar-refractivity contribution in [2.24, 2.45) is 17.3 Å². The highest BCUT2D eigenvalue weighted by Gasteiger charge is 2.61. The lowest BCUT2D eigenvalue weighted by molar-refractivity contribution is -0.132. The second-order valence-corrected chi connectivity index (χ2v) is 14.1. The number of ether oxygens (including phenoxy) is 1. The normalized spacial score (nSPS) is 20.7. The van der Waals surface area contributed by atoms with E-state index in [1.165, 1.54) is 0 Å². The summed E-state index contributed by atoms with van der Waals surface area (Å²) < 4.78 is 32.8. The van der Waals surface area contributed by atoms with Crippen molar-refractivity contribution in [1.29, 1.82) is 0 Å². The van der Waals surface area contributed by atoms with Crippen molar-refractivity contribution in [2.75, 3.05) is 13.2 Å². The molecule has 1 N–H and O–H groups in total. The number of rotatable bonds is 14. The van der Waals surface area contributed by atoms with E-state index in [2.05, 4.69) is 102 Å². The molecule has 2 rings (SSSR count). The minimum absolute atomic E-state index is 0.00803. The molecule has 3 unspecified atom stereocenters. The van der Waals surface area contributed by atoms with E-state index in [9.17, 15) is 4.79 Å².